The van der Waals surface area contributed by atoms with E-state index >= 15 is 0 Å². The Kier molecular flexibility index (Phi) is 9.31. The highest BCUT2D eigenvalue weighted by Gasteiger charge is 2.09. The van der Waals surface area contributed by atoms with E-state index in [-0.39, 0.29) is 6.03 Å². The molecule has 0 saturated carbocycles. The molecule has 0 fully saturated rings. The lowest BCUT2D eigenvalue weighted by atomic mass is 10.2. The second kappa shape index (κ2) is 12.0. The Balaban J connectivity index is 1.81. The molecule has 28 heavy (non-hydrogen) atoms. The maximum Gasteiger partial charge on any atom is 0.319 e. The summed E-state index contributed by atoms with van der Waals surface area (Å²) in [4.78, 5) is 14.4. The zero-order chi connectivity index (χ0) is 20.2. The average Bonchev–Trinajstić information content (AvgIpc) is 2.70. The number of ether oxygens (including phenoxy) is 2. The fraction of sp³-hybridized carbons (Fsp3) is 0.409. The predicted octanol–water partition coefficient (Wildman–Crippen LogP) is 3.66. The van der Waals surface area contributed by atoms with Gasteiger partial charge in [0.1, 0.15) is 12.4 Å². The number of methoxy groups -OCH3 is 1. The van der Waals surface area contributed by atoms with E-state index in [0.717, 1.165) is 30.6 Å². The number of aryl methyl sites for hydroxylation is 1. The summed E-state index contributed by atoms with van der Waals surface area (Å²) in [5.41, 5.74) is 2.82. The lowest BCUT2D eigenvalue weighted by molar-refractivity contribution is 0.160. The third-order valence-electron chi connectivity index (χ3n) is 4.30. The minimum absolute atomic E-state index is 0.229. The number of nitrogens with one attached hydrogen (secondary N) is 2. The van der Waals surface area contributed by atoms with Crippen LogP contribution in [0.5, 0.6) is 5.75 Å². The van der Waals surface area contributed by atoms with Gasteiger partial charge >= 0.3 is 6.03 Å². The van der Waals surface area contributed by atoms with E-state index in [9.17, 15) is 4.79 Å². The Morgan fingerprint density at radius 1 is 1.11 bits per heavy atom. The van der Waals surface area contributed by atoms with Crippen molar-refractivity contribution in [1.29, 1.82) is 0 Å². The van der Waals surface area contributed by atoms with Gasteiger partial charge in [-0.05, 0) is 50.2 Å². The van der Waals surface area contributed by atoms with Crippen LogP contribution in [0.4, 0.5) is 10.5 Å². The first-order valence-corrected chi connectivity index (χ1v) is 9.58. The van der Waals surface area contributed by atoms with Gasteiger partial charge in [0, 0.05) is 20.2 Å². The van der Waals surface area contributed by atoms with Gasteiger partial charge in [0.2, 0.25) is 0 Å². The summed E-state index contributed by atoms with van der Waals surface area (Å²) in [6, 6.07) is 15.5. The minimum Gasteiger partial charge on any atom is -0.487 e. The second-order valence-corrected chi connectivity index (χ2v) is 6.80. The normalized spacial score (nSPS) is 10.7. The zero-order valence-corrected chi connectivity index (χ0v) is 17.0. The molecular formula is C22H31N3O3. The number of urea groups is 1. The molecule has 0 radical (unpaired) electrons. The SMILES string of the molecule is COCCN(C)CCCNC(=O)Nc1ccc(C)cc1OCc1ccccc1. The number of benzene rings is 2. The van der Waals surface area contributed by atoms with Crippen molar-refractivity contribution in [3.05, 3.63) is 59.7 Å². The van der Waals surface area contributed by atoms with Crippen LogP contribution in [0, 0.1) is 6.92 Å². The fourth-order valence-electron chi connectivity index (χ4n) is 2.66. The summed E-state index contributed by atoms with van der Waals surface area (Å²) < 4.78 is 11.0. The van der Waals surface area contributed by atoms with Crippen LogP contribution in [0.15, 0.2) is 48.5 Å². The summed E-state index contributed by atoms with van der Waals surface area (Å²) in [6.07, 6.45) is 0.874. The number of nitrogens with zero attached hydrogens (tertiary/aromatic N) is 1. The molecule has 152 valence electrons. The maximum atomic E-state index is 12.2. The fourth-order valence-corrected chi connectivity index (χ4v) is 2.66. The molecule has 2 aromatic carbocycles. The molecular weight excluding hydrogens is 354 g/mol. The number of amides is 2. The quantitative estimate of drug-likeness (QED) is 0.580. The molecule has 2 aromatic rings. The van der Waals surface area contributed by atoms with E-state index in [1.807, 2.05) is 62.5 Å². The molecule has 0 spiro atoms. The summed E-state index contributed by atoms with van der Waals surface area (Å²) in [6.45, 7) is 5.56. The van der Waals surface area contributed by atoms with Gasteiger partial charge in [-0.25, -0.2) is 4.79 Å². The van der Waals surface area contributed by atoms with Gasteiger partial charge in [0.05, 0.1) is 12.3 Å². The first kappa shape index (κ1) is 21.7. The average molecular weight is 386 g/mol. The van der Waals surface area contributed by atoms with Crippen molar-refractivity contribution in [3.63, 3.8) is 0 Å². The molecule has 0 aliphatic carbocycles. The van der Waals surface area contributed by atoms with Crippen LogP contribution in [-0.4, -0.2) is 51.3 Å². The van der Waals surface area contributed by atoms with Crippen molar-refractivity contribution in [2.45, 2.75) is 20.0 Å². The number of carbonyl (C=O) groups excluding carboxylic acids is 1. The Bertz CT molecular complexity index is 722. The zero-order valence-electron chi connectivity index (χ0n) is 17.0. The van der Waals surface area contributed by atoms with Crippen LogP contribution in [-0.2, 0) is 11.3 Å². The molecule has 0 unspecified atom stereocenters. The second-order valence-electron chi connectivity index (χ2n) is 6.80. The van der Waals surface area contributed by atoms with Crippen molar-refractivity contribution in [3.8, 4) is 5.75 Å². The molecule has 2 N–H and O–H groups in total. The number of likely N-dealkylation sites (N-methyl/N-ethyl adjacent to an activating group) is 1. The van der Waals surface area contributed by atoms with Crippen LogP contribution in [0.3, 0.4) is 0 Å². The number of rotatable bonds is 11. The van der Waals surface area contributed by atoms with Crippen molar-refractivity contribution >= 4 is 11.7 Å². The van der Waals surface area contributed by atoms with E-state index in [4.69, 9.17) is 9.47 Å². The van der Waals surface area contributed by atoms with Gasteiger partial charge in [-0.15, -0.1) is 0 Å². The maximum absolute atomic E-state index is 12.2. The molecule has 0 atom stereocenters. The first-order valence-electron chi connectivity index (χ1n) is 9.58. The van der Waals surface area contributed by atoms with E-state index in [0.29, 0.717) is 31.2 Å². The van der Waals surface area contributed by atoms with Crippen molar-refractivity contribution in [1.82, 2.24) is 10.2 Å². The molecule has 6 heteroatoms. The molecule has 0 aliphatic rings. The Morgan fingerprint density at radius 3 is 2.64 bits per heavy atom. The van der Waals surface area contributed by atoms with Crippen LogP contribution >= 0.6 is 0 Å². The molecule has 0 heterocycles. The van der Waals surface area contributed by atoms with E-state index < -0.39 is 0 Å². The Labute approximate surface area is 167 Å². The number of carbonyl (C=O) groups is 1. The van der Waals surface area contributed by atoms with E-state index in [1.54, 1.807) is 7.11 Å². The number of hydrogen-bond acceptors (Lipinski definition) is 4. The summed E-state index contributed by atoms with van der Waals surface area (Å²) in [7, 11) is 3.74. The van der Waals surface area contributed by atoms with Crippen LogP contribution in [0.2, 0.25) is 0 Å². The third kappa shape index (κ3) is 7.98. The van der Waals surface area contributed by atoms with Crippen LogP contribution in [0.25, 0.3) is 0 Å². The summed E-state index contributed by atoms with van der Waals surface area (Å²) in [5, 5.41) is 5.78. The van der Waals surface area contributed by atoms with Gasteiger partial charge in [0.25, 0.3) is 0 Å². The van der Waals surface area contributed by atoms with Gasteiger partial charge in [-0.2, -0.15) is 0 Å². The third-order valence-corrected chi connectivity index (χ3v) is 4.30. The van der Waals surface area contributed by atoms with Gasteiger partial charge < -0.3 is 25.0 Å². The van der Waals surface area contributed by atoms with Crippen molar-refractivity contribution in [2.75, 3.05) is 45.7 Å². The van der Waals surface area contributed by atoms with E-state index in [1.165, 1.54) is 0 Å². The Morgan fingerprint density at radius 2 is 1.89 bits per heavy atom. The summed E-state index contributed by atoms with van der Waals surface area (Å²) in [5.74, 6) is 0.665. The smallest absolute Gasteiger partial charge is 0.319 e. The van der Waals surface area contributed by atoms with Crippen molar-refractivity contribution < 1.29 is 14.3 Å². The lowest BCUT2D eigenvalue weighted by Gasteiger charge is -2.16. The molecule has 0 aliphatic heterocycles. The predicted molar refractivity (Wildman–Crippen MR) is 113 cm³/mol. The highest BCUT2D eigenvalue weighted by molar-refractivity contribution is 5.90. The monoisotopic (exact) mass is 385 g/mol. The molecule has 0 bridgehead atoms. The molecule has 2 rings (SSSR count). The lowest BCUT2D eigenvalue weighted by Crippen LogP contribution is -2.32. The van der Waals surface area contributed by atoms with Crippen molar-refractivity contribution in [2.24, 2.45) is 0 Å². The number of anilines is 1. The number of hydrogen-bond donors (Lipinski definition) is 2. The molecule has 0 saturated heterocycles. The first-order chi connectivity index (χ1) is 13.6. The highest BCUT2D eigenvalue weighted by atomic mass is 16.5. The summed E-state index contributed by atoms with van der Waals surface area (Å²) >= 11 is 0. The minimum atomic E-state index is -0.229. The molecule has 0 aromatic heterocycles. The topological polar surface area (TPSA) is 62.8 Å². The highest BCUT2D eigenvalue weighted by Crippen LogP contribution is 2.26. The molecule has 6 nitrogen and oxygen atoms in total. The van der Waals surface area contributed by atoms with E-state index in [2.05, 4.69) is 15.5 Å². The standard InChI is InChI=1S/C22H31N3O3/c1-18-10-11-20(21(16-18)28-17-19-8-5-4-6-9-19)24-22(26)23-12-7-13-25(2)14-15-27-3/h4-6,8-11,16H,7,12-15,17H2,1-3H3,(H2,23,24,26). The molecule has 2 amide bonds. The van der Waals surface area contributed by atoms with Crippen LogP contribution in [0.1, 0.15) is 17.5 Å². The largest absolute Gasteiger partial charge is 0.487 e. The van der Waals surface area contributed by atoms with Crippen LogP contribution < -0.4 is 15.4 Å². The van der Waals surface area contributed by atoms with Gasteiger partial charge in [-0.1, -0.05) is 36.4 Å². The Hall–Kier alpha value is -2.57. The van der Waals surface area contributed by atoms with Gasteiger partial charge in [-0.3, -0.25) is 0 Å². The van der Waals surface area contributed by atoms with Gasteiger partial charge in [0.15, 0.2) is 0 Å².